The van der Waals surface area contributed by atoms with Crippen molar-refractivity contribution in [2.24, 2.45) is 0 Å². The molecule has 0 aromatic heterocycles. The van der Waals surface area contributed by atoms with Gasteiger partial charge in [0.05, 0.1) is 0 Å². The van der Waals surface area contributed by atoms with Crippen LogP contribution in [0.2, 0.25) is 0 Å². The van der Waals surface area contributed by atoms with Crippen molar-refractivity contribution in [3.8, 4) is 0 Å². The standard InChI is InChI=1S/C17H28N2O/c1-5-15-10-9-11-16(14-15)19(17(20)6-2)13-12-18(7-3)8-4/h9-11,14H,5-8,12-13H2,1-4H3. The number of aryl methyl sites for hydroxylation is 1. The topological polar surface area (TPSA) is 23.6 Å². The molecule has 112 valence electrons. The van der Waals surface area contributed by atoms with E-state index in [2.05, 4.69) is 37.8 Å². The van der Waals surface area contributed by atoms with E-state index in [0.29, 0.717) is 6.42 Å². The zero-order chi connectivity index (χ0) is 15.0. The van der Waals surface area contributed by atoms with Crippen LogP contribution < -0.4 is 4.90 Å². The molecular weight excluding hydrogens is 248 g/mol. The monoisotopic (exact) mass is 276 g/mol. The number of hydrogen-bond acceptors (Lipinski definition) is 2. The molecular formula is C17H28N2O. The van der Waals surface area contributed by atoms with Crippen LogP contribution in [0.5, 0.6) is 0 Å². The van der Waals surface area contributed by atoms with E-state index in [0.717, 1.165) is 38.3 Å². The van der Waals surface area contributed by atoms with Gasteiger partial charge in [-0.05, 0) is 37.2 Å². The molecule has 0 radical (unpaired) electrons. The molecule has 3 nitrogen and oxygen atoms in total. The van der Waals surface area contributed by atoms with Crippen molar-refractivity contribution >= 4 is 11.6 Å². The maximum absolute atomic E-state index is 12.2. The Morgan fingerprint density at radius 1 is 1.05 bits per heavy atom. The van der Waals surface area contributed by atoms with E-state index < -0.39 is 0 Å². The Morgan fingerprint density at radius 2 is 1.75 bits per heavy atom. The fourth-order valence-corrected chi connectivity index (χ4v) is 2.31. The van der Waals surface area contributed by atoms with Crippen LogP contribution in [0.15, 0.2) is 24.3 Å². The summed E-state index contributed by atoms with van der Waals surface area (Å²) >= 11 is 0. The second-order valence-electron chi connectivity index (χ2n) is 4.95. The van der Waals surface area contributed by atoms with Gasteiger partial charge in [-0.2, -0.15) is 0 Å². The van der Waals surface area contributed by atoms with Crippen LogP contribution in [0.1, 0.15) is 39.7 Å². The number of nitrogens with zero attached hydrogens (tertiary/aromatic N) is 2. The van der Waals surface area contributed by atoms with Crippen molar-refractivity contribution < 1.29 is 4.79 Å². The summed E-state index contributed by atoms with van der Waals surface area (Å²) in [5.74, 6) is 0.199. The molecule has 3 heteroatoms. The Hall–Kier alpha value is -1.35. The van der Waals surface area contributed by atoms with E-state index in [1.54, 1.807) is 0 Å². The van der Waals surface area contributed by atoms with Gasteiger partial charge < -0.3 is 9.80 Å². The van der Waals surface area contributed by atoms with Crippen LogP contribution in [-0.2, 0) is 11.2 Å². The minimum absolute atomic E-state index is 0.199. The average Bonchev–Trinajstić information content (AvgIpc) is 2.51. The number of amides is 1. The van der Waals surface area contributed by atoms with Gasteiger partial charge in [0.15, 0.2) is 0 Å². The van der Waals surface area contributed by atoms with Crippen LogP contribution in [0.25, 0.3) is 0 Å². The quantitative estimate of drug-likeness (QED) is 0.727. The second kappa shape index (κ2) is 8.75. The van der Waals surface area contributed by atoms with E-state index in [1.807, 2.05) is 24.0 Å². The molecule has 0 aliphatic carbocycles. The zero-order valence-corrected chi connectivity index (χ0v) is 13.4. The second-order valence-corrected chi connectivity index (χ2v) is 4.95. The lowest BCUT2D eigenvalue weighted by Crippen LogP contribution is -2.38. The Balaban J connectivity index is 2.85. The number of anilines is 1. The summed E-state index contributed by atoms with van der Waals surface area (Å²) < 4.78 is 0. The molecule has 0 aliphatic heterocycles. The molecule has 1 rings (SSSR count). The highest BCUT2D eigenvalue weighted by atomic mass is 16.2. The summed E-state index contributed by atoms with van der Waals surface area (Å²) in [5, 5.41) is 0. The van der Waals surface area contributed by atoms with Gasteiger partial charge in [0, 0.05) is 25.2 Å². The van der Waals surface area contributed by atoms with Crippen molar-refractivity contribution in [1.82, 2.24) is 4.90 Å². The molecule has 0 aliphatic rings. The molecule has 0 unspecified atom stereocenters. The predicted molar refractivity (Wildman–Crippen MR) is 86.3 cm³/mol. The molecule has 0 heterocycles. The molecule has 0 spiro atoms. The maximum atomic E-state index is 12.2. The molecule has 0 fully saturated rings. The minimum Gasteiger partial charge on any atom is -0.311 e. The smallest absolute Gasteiger partial charge is 0.226 e. The third-order valence-corrected chi connectivity index (χ3v) is 3.77. The number of hydrogen-bond donors (Lipinski definition) is 0. The van der Waals surface area contributed by atoms with Crippen LogP contribution >= 0.6 is 0 Å². The SMILES string of the molecule is CCC(=O)N(CCN(CC)CC)c1cccc(CC)c1. The zero-order valence-electron chi connectivity index (χ0n) is 13.4. The third kappa shape index (κ3) is 4.64. The third-order valence-electron chi connectivity index (χ3n) is 3.77. The van der Waals surface area contributed by atoms with Gasteiger partial charge in [0.2, 0.25) is 5.91 Å². The molecule has 0 saturated heterocycles. The molecule has 0 bridgehead atoms. The summed E-state index contributed by atoms with van der Waals surface area (Å²) in [4.78, 5) is 16.5. The minimum atomic E-state index is 0.199. The summed E-state index contributed by atoms with van der Waals surface area (Å²) in [5.41, 5.74) is 2.31. The van der Waals surface area contributed by atoms with E-state index in [1.165, 1.54) is 5.56 Å². The fraction of sp³-hybridized carbons (Fsp3) is 0.588. The van der Waals surface area contributed by atoms with Gasteiger partial charge in [0.25, 0.3) is 0 Å². The molecule has 0 N–H and O–H groups in total. The first-order valence-electron chi connectivity index (χ1n) is 7.77. The van der Waals surface area contributed by atoms with Gasteiger partial charge in [-0.25, -0.2) is 0 Å². The summed E-state index contributed by atoms with van der Waals surface area (Å²) in [7, 11) is 0. The van der Waals surface area contributed by atoms with Crippen molar-refractivity contribution in [3.05, 3.63) is 29.8 Å². The normalized spacial score (nSPS) is 10.8. The Morgan fingerprint density at radius 3 is 2.30 bits per heavy atom. The lowest BCUT2D eigenvalue weighted by molar-refractivity contribution is -0.118. The first-order chi connectivity index (χ1) is 9.65. The van der Waals surface area contributed by atoms with Gasteiger partial charge in [0.1, 0.15) is 0 Å². The Labute approximate surface area is 123 Å². The molecule has 0 atom stereocenters. The molecule has 0 saturated carbocycles. The van der Waals surface area contributed by atoms with E-state index in [9.17, 15) is 4.79 Å². The average molecular weight is 276 g/mol. The predicted octanol–water partition coefficient (Wildman–Crippen LogP) is 3.33. The Kier molecular flexibility index (Phi) is 7.31. The van der Waals surface area contributed by atoms with Crippen LogP contribution in [0, 0.1) is 0 Å². The van der Waals surface area contributed by atoms with Gasteiger partial charge >= 0.3 is 0 Å². The van der Waals surface area contributed by atoms with Crippen molar-refractivity contribution in [3.63, 3.8) is 0 Å². The van der Waals surface area contributed by atoms with Gasteiger partial charge in [-0.3, -0.25) is 4.79 Å². The first kappa shape index (κ1) is 16.7. The van der Waals surface area contributed by atoms with Crippen LogP contribution in [0.4, 0.5) is 5.69 Å². The van der Waals surface area contributed by atoms with E-state index in [4.69, 9.17) is 0 Å². The molecule has 1 aromatic carbocycles. The summed E-state index contributed by atoms with van der Waals surface area (Å²) in [6.45, 7) is 12.1. The fourth-order valence-electron chi connectivity index (χ4n) is 2.31. The largest absolute Gasteiger partial charge is 0.311 e. The van der Waals surface area contributed by atoms with Gasteiger partial charge in [-0.1, -0.05) is 39.8 Å². The first-order valence-corrected chi connectivity index (χ1v) is 7.77. The molecule has 1 aromatic rings. The van der Waals surface area contributed by atoms with Crippen molar-refractivity contribution in [1.29, 1.82) is 0 Å². The number of carbonyl (C=O) groups is 1. The number of carbonyl (C=O) groups excluding carboxylic acids is 1. The van der Waals surface area contributed by atoms with Crippen LogP contribution in [-0.4, -0.2) is 37.0 Å². The number of likely N-dealkylation sites (N-methyl/N-ethyl adjacent to an activating group) is 1. The number of benzene rings is 1. The summed E-state index contributed by atoms with van der Waals surface area (Å²) in [6.07, 6.45) is 1.55. The lowest BCUT2D eigenvalue weighted by atomic mass is 10.1. The molecule has 1 amide bonds. The highest BCUT2D eigenvalue weighted by molar-refractivity contribution is 5.93. The molecule has 20 heavy (non-hydrogen) atoms. The highest BCUT2D eigenvalue weighted by Gasteiger charge is 2.15. The maximum Gasteiger partial charge on any atom is 0.226 e. The lowest BCUT2D eigenvalue weighted by Gasteiger charge is -2.26. The summed E-state index contributed by atoms with van der Waals surface area (Å²) in [6, 6.07) is 8.33. The number of rotatable bonds is 8. The van der Waals surface area contributed by atoms with E-state index in [-0.39, 0.29) is 5.91 Å². The van der Waals surface area contributed by atoms with Crippen molar-refractivity contribution in [2.75, 3.05) is 31.1 Å². The highest BCUT2D eigenvalue weighted by Crippen LogP contribution is 2.17. The van der Waals surface area contributed by atoms with Gasteiger partial charge in [-0.15, -0.1) is 0 Å². The van der Waals surface area contributed by atoms with Crippen molar-refractivity contribution in [2.45, 2.75) is 40.5 Å². The van der Waals surface area contributed by atoms with E-state index >= 15 is 0 Å². The van der Waals surface area contributed by atoms with Crippen LogP contribution in [0.3, 0.4) is 0 Å². The Bertz CT molecular complexity index is 413.